The van der Waals surface area contributed by atoms with Gasteiger partial charge in [-0.2, -0.15) is 49.9 Å². The number of thioether (sulfide) groups is 2. The fraction of sp³-hybridized carbons (Fsp3) is 0.667. The first kappa shape index (κ1) is 44.4. The molecular formula is C36H50F8N2O4S2. The second-order valence-electron chi connectivity index (χ2n) is 14.4. The molecule has 2 N–H and O–H groups in total. The average molecular weight is 791 g/mol. The lowest BCUT2D eigenvalue weighted by Crippen LogP contribution is -2.57. The zero-order valence-electron chi connectivity index (χ0n) is 30.4. The van der Waals surface area contributed by atoms with Crippen molar-refractivity contribution >= 4 is 23.5 Å². The van der Waals surface area contributed by atoms with Gasteiger partial charge < -0.3 is 24.6 Å². The van der Waals surface area contributed by atoms with Crippen molar-refractivity contribution in [3.63, 3.8) is 0 Å². The monoisotopic (exact) mass is 790 g/mol. The van der Waals surface area contributed by atoms with Crippen LogP contribution < -0.4 is 14.8 Å². The molecule has 2 atom stereocenters. The van der Waals surface area contributed by atoms with Crippen molar-refractivity contribution < 1.29 is 54.4 Å². The van der Waals surface area contributed by atoms with Crippen LogP contribution in [-0.4, -0.2) is 110 Å². The summed E-state index contributed by atoms with van der Waals surface area (Å²) in [5.74, 6) is 3.71. The Morgan fingerprint density at radius 1 is 0.788 bits per heavy atom. The van der Waals surface area contributed by atoms with Crippen molar-refractivity contribution in [2.24, 2.45) is 0 Å². The molecule has 3 saturated heterocycles. The van der Waals surface area contributed by atoms with Gasteiger partial charge in [-0.15, -0.1) is 0 Å². The number of methoxy groups -OCH3 is 2. The van der Waals surface area contributed by atoms with E-state index in [2.05, 4.69) is 10.1 Å². The van der Waals surface area contributed by atoms with Crippen LogP contribution in [0.4, 0.5) is 35.1 Å². The van der Waals surface area contributed by atoms with Crippen molar-refractivity contribution in [2.45, 2.75) is 74.9 Å². The van der Waals surface area contributed by atoms with E-state index >= 15 is 0 Å². The number of rotatable bonds is 10. The molecule has 3 aliphatic heterocycles. The summed E-state index contributed by atoms with van der Waals surface area (Å²) in [4.78, 5) is 1.64. The number of alkyl halides is 6. The van der Waals surface area contributed by atoms with E-state index in [9.17, 15) is 40.2 Å². The largest absolute Gasteiger partial charge is 0.496 e. The van der Waals surface area contributed by atoms with Gasteiger partial charge in [-0.1, -0.05) is 27.7 Å². The average Bonchev–Trinajstić information content (AvgIpc) is 3.86. The molecule has 6 nitrogen and oxygen atoms in total. The molecular weight excluding hydrogens is 741 g/mol. The van der Waals surface area contributed by atoms with Gasteiger partial charge in [0.25, 0.3) is 0 Å². The van der Waals surface area contributed by atoms with Crippen LogP contribution >= 0.6 is 23.5 Å². The third kappa shape index (κ3) is 12.0. The zero-order chi connectivity index (χ0) is 39.0. The van der Waals surface area contributed by atoms with Crippen LogP contribution in [0.3, 0.4) is 0 Å². The number of nitrogens with zero attached hydrogens (tertiary/aromatic N) is 1. The van der Waals surface area contributed by atoms with E-state index < -0.39 is 59.0 Å². The molecule has 2 aromatic rings. The summed E-state index contributed by atoms with van der Waals surface area (Å²) in [5, 5.41) is 13.9. The third-order valence-corrected chi connectivity index (χ3v) is 11.1. The number of nitrogens with one attached hydrogen (secondary N) is 1. The predicted molar refractivity (Wildman–Crippen MR) is 191 cm³/mol. The van der Waals surface area contributed by atoms with Crippen molar-refractivity contribution in [3.05, 3.63) is 59.2 Å². The second kappa shape index (κ2) is 18.1. The molecule has 52 heavy (non-hydrogen) atoms. The second-order valence-corrected chi connectivity index (χ2v) is 16.8. The number of hydrogen-bond acceptors (Lipinski definition) is 8. The predicted octanol–water partition coefficient (Wildman–Crippen LogP) is 8.00. The lowest BCUT2D eigenvalue weighted by Gasteiger charge is -2.41. The summed E-state index contributed by atoms with van der Waals surface area (Å²) in [6, 6.07) is 7.60. The fourth-order valence-electron chi connectivity index (χ4n) is 6.40. The summed E-state index contributed by atoms with van der Waals surface area (Å²) in [6.45, 7) is 8.98. The molecule has 3 heterocycles. The molecule has 0 bridgehead atoms. The van der Waals surface area contributed by atoms with Crippen LogP contribution in [0.2, 0.25) is 0 Å². The third-order valence-electron chi connectivity index (χ3n) is 9.22. The Labute approximate surface area is 309 Å². The van der Waals surface area contributed by atoms with Crippen LogP contribution in [0.25, 0.3) is 0 Å². The molecule has 2 unspecified atom stereocenters. The van der Waals surface area contributed by atoms with Crippen molar-refractivity contribution in [2.75, 3.05) is 76.6 Å². The van der Waals surface area contributed by atoms with Crippen LogP contribution in [0.1, 0.15) is 51.7 Å². The standard InChI is InChI=1S/C18H25F4NO2S.C14H16F4O2.C4H9NS/c1-16(2,14-10-13(19)4-5-15(14)25-3)11-17(24,18(20,21)22)12-23-6-8-26-9-7-23;1-12(2,7-13(8-20-13)14(16,17)18)10-6-9(15)4-5-11(10)19-3;1-3-6-4-2-5-1/h4-5,10,24H,6-9,11-12H2,1-3H3;4-6H,7-8H2,1-3H3;5H,1-4H2. The number of hydrogen-bond donors (Lipinski definition) is 2. The molecule has 2 aromatic carbocycles. The van der Waals surface area contributed by atoms with Gasteiger partial charge in [-0.3, -0.25) is 4.90 Å². The molecule has 3 aliphatic rings. The first-order valence-electron chi connectivity index (χ1n) is 16.9. The van der Waals surface area contributed by atoms with E-state index in [1.165, 1.54) is 75.2 Å². The molecule has 0 amide bonds. The number of ether oxygens (including phenoxy) is 3. The zero-order valence-corrected chi connectivity index (χ0v) is 32.0. The van der Waals surface area contributed by atoms with Gasteiger partial charge in [0.1, 0.15) is 23.1 Å². The maximum Gasteiger partial charge on any atom is 0.419 e. The summed E-state index contributed by atoms with van der Waals surface area (Å²) in [5.41, 5.74) is -6.39. The summed E-state index contributed by atoms with van der Waals surface area (Å²) >= 11 is 3.72. The van der Waals surface area contributed by atoms with E-state index in [-0.39, 0.29) is 13.0 Å². The molecule has 0 spiro atoms. The molecule has 0 saturated carbocycles. The minimum atomic E-state index is -4.80. The normalized spacial score (nSPS) is 21.1. The van der Waals surface area contributed by atoms with Gasteiger partial charge in [0.2, 0.25) is 0 Å². The molecule has 0 radical (unpaired) electrons. The molecule has 3 fully saturated rings. The summed E-state index contributed by atoms with van der Waals surface area (Å²) in [7, 11) is 2.79. The van der Waals surface area contributed by atoms with Gasteiger partial charge >= 0.3 is 12.4 Å². The highest BCUT2D eigenvalue weighted by Crippen LogP contribution is 2.52. The van der Waals surface area contributed by atoms with E-state index in [0.717, 1.165) is 11.5 Å². The fourth-order valence-corrected chi connectivity index (χ4v) is 8.16. The van der Waals surface area contributed by atoms with E-state index in [1.54, 1.807) is 44.4 Å². The number of halogens is 8. The lowest BCUT2D eigenvalue weighted by molar-refractivity contribution is -0.271. The van der Waals surface area contributed by atoms with Gasteiger partial charge in [0, 0.05) is 66.9 Å². The first-order valence-corrected chi connectivity index (χ1v) is 19.2. The molecule has 5 rings (SSSR count). The van der Waals surface area contributed by atoms with Crippen LogP contribution in [0.15, 0.2) is 36.4 Å². The van der Waals surface area contributed by atoms with Crippen LogP contribution in [0.5, 0.6) is 11.5 Å². The van der Waals surface area contributed by atoms with Crippen LogP contribution in [-0.2, 0) is 15.6 Å². The highest BCUT2D eigenvalue weighted by atomic mass is 32.2. The molecule has 0 aromatic heterocycles. The van der Waals surface area contributed by atoms with E-state index in [4.69, 9.17) is 9.47 Å². The van der Waals surface area contributed by atoms with Crippen molar-refractivity contribution in [3.8, 4) is 11.5 Å². The Hall–Kier alpha value is -1.98. The van der Waals surface area contributed by atoms with Crippen LogP contribution in [0, 0.1) is 11.6 Å². The number of benzene rings is 2. The Balaban J connectivity index is 0.000000246. The molecule has 0 aliphatic carbocycles. The minimum absolute atomic E-state index is 0.274. The highest BCUT2D eigenvalue weighted by molar-refractivity contribution is 7.99. The van der Waals surface area contributed by atoms with Gasteiger partial charge in [-0.05, 0) is 60.1 Å². The minimum Gasteiger partial charge on any atom is -0.496 e. The maximum atomic E-state index is 13.8. The Morgan fingerprint density at radius 2 is 1.25 bits per heavy atom. The first-order chi connectivity index (χ1) is 24.1. The highest BCUT2D eigenvalue weighted by Gasteiger charge is 2.67. The Bertz CT molecular complexity index is 1420. The van der Waals surface area contributed by atoms with Gasteiger partial charge in [0.05, 0.1) is 20.8 Å². The Kier molecular flexibility index (Phi) is 15.5. The van der Waals surface area contributed by atoms with E-state index in [0.29, 0.717) is 35.7 Å². The number of aliphatic hydroxyl groups is 1. The summed E-state index contributed by atoms with van der Waals surface area (Å²) in [6.07, 6.45) is -10.1. The van der Waals surface area contributed by atoms with Crippen molar-refractivity contribution in [1.82, 2.24) is 10.2 Å². The smallest absolute Gasteiger partial charge is 0.419 e. The Morgan fingerprint density at radius 3 is 1.62 bits per heavy atom. The molecule has 16 heteroatoms. The van der Waals surface area contributed by atoms with Gasteiger partial charge in [0.15, 0.2) is 11.2 Å². The topological polar surface area (TPSA) is 66.5 Å². The van der Waals surface area contributed by atoms with Gasteiger partial charge in [-0.25, -0.2) is 8.78 Å². The SMILES string of the molecule is C1CSCCN1.COc1ccc(F)cc1C(C)(C)CC(O)(CN1CCSCC1)C(F)(F)F.COc1ccc(F)cc1C(C)(C)CC1(C(F)(F)F)CO1. The van der Waals surface area contributed by atoms with E-state index in [1.807, 2.05) is 11.8 Å². The number of epoxide rings is 1. The number of β-amino-alcohol motifs (C(OH)–C–C–N with tert-alkyl or cyclic N) is 1. The maximum absolute atomic E-state index is 13.8. The quantitative estimate of drug-likeness (QED) is 0.186. The summed E-state index contributed by atoms with van der Waals surface area (Å²) < 4.78 is 122. The van der Waals surface area contributed by atoms with Crippen molar-refractivity contribution in [1.29, 1.82) is 0 Å². The lowest BCUT2D eigenvalue weighted by atomic mass is 9.74. The molecule has 296 valence electrons.